The number of carbonyl (C=O) groups is 1. The van der Waals surface area contributed by atoms with Crippen LogP contribution in [0, 0.1) is 0 Å². The van der Waals surface area contributed by atoms with Gasteiger partial charge in [0.2, 0.25) is 17.7 Å². The summed E-state index contributed by atoms with van der Waals surface area (Å²) in [5, 5.41) is 5.67. The molecule has 0 saturated carbocycles. The highest BCUT2D eigenvalue weighted by atomic mass is 16.2. The fourth-order valence-corrected chi connectivity index (χ4v) is 1.53. The highest BCUT2D eigenvalue weighted by Gasteiger charge is 2.13. The van der Waals surface area contributed by atoms with Gasteiger partial charge in [-0.1, -0.05) is 18.2 Å². The van der Waals surface area contributed by atoms with E-state index in [1.54, 1.807) is 12.1 Å². The molecule has 1 aromatic carbocycles. The molecule has 0 atom stereocenters. The van der Waals surface area contributed by atoms with E-state index in [1.807, 2.05) is 32.0 Å². The molecule has 0 aliphatic carbocycles. The van der Waals surface area contributed by atoms with Gasteiger partial charge in [-0.25, -0.2) is 0 Å². The van der Waals surface area contributed by atoms with Crippen LogP contribution in [0.15, 0.2) is 30.3 Å². The van der Waals surface area contributed by atoms with Crippen LogP contribution in [-0.2, 0) is 0 Å². The highest BCUT2D eigenvalue weighted by molar-refractivity contribution is 6.01. The van der Waals surface area contributed by atoms with E-state index in [9.17, 15) is 4.79 Å². The topological polar surface area (TPSA) is 106 Å². The number of aromatic nitrogens is 3. The summed E-state index contributed by atoms with van der Waals surface area (Å²) in [6, 6.07) is 9.18. The number of nitrogens with two attached hydrogens (primary N) is 1. The van der Waals surface area contributed by atoms with E-state index in [1.165, 1.54) is 0 Å². The second kappa shape index (κ2) is 5.96. The number of benzene rings is 1. The molecule has 4 N–H and O–H groups in total. The van der Waals surface area contributed by atoms with Crippen LogP contribution in [0.1, 0.15) is 24.5 Å². The summed E-state index contributed by atoms with van der Waals surface area (Å²) in [5.41, 5.74) is 6.25. The maximum absolute atomic E-state index is 12.1. The number of nitrogens with zero attached hydrogens (tertiary/aromatic N) is 3. The fraction of sp³-hybridized carbons (Fsp3) is 0.231. The SMILES string of the molecule is CC(C)Nc1nc(N)nc(C(=O)Nc2ccccc2)n1. The first-order valence-electron chi connectivity index (χ1n) is 6.19. The van der Waals surface area contributed by atoms with Crippen LogP contribution < -0.4 is 16.4 Å². The third-order valence-electron chi connectivity index (χ3n) is 2.31. The molecule has 2 rings (SSSR count). The van der Waals surface area contributed by atoms with Crippen molar-refractivity contribution < 1.29 is 4.79 Å². The molecule has 20 heavy (non-hydrogen) atoms. The first-order chi connectivity index (χ1) is 9.54. The van der Waals surface area contributed by atoms with Gasteiger partial charge in [0.05, 0.1) is 0 Å². The van der Waals surface area contributed by atoms with Crippen LogP contribution in [0.4, 0.5) is 17.6 Å². The average molecular weight is 272 g/mol. The summed E-state index contributed by atoms with van der Waals surface area (Å²) in [6.07, 6.45) is 0. The Morgan fingerprint density at radius 1 is 1.15 bits per heavy atom. The number of para-hydroxylation sites is 1. The van der Waals surface area contributed by atoms with Crippen molar-refractivity contribution in [2.24, 2.45) is 0 Å². The molecule has 2 aromatic rings. The first kappa shape index (κ1) is 13.7. The van der Waals surface area contributed by atoms with Crippen molar-refractivity contribution >= 4 is 23.5 Å². The Morgan fingerprint density at radius 3 is 2.50 bits per heavy atom. The molecule has 0 spiro atoms. The monoisotopic (exact) mass is 272 g/mol. The van der Waals surface area contributed by atoms with Gasteiger partial charge in [-0.05, 0) is 26.0 Å². The predicted octanol–water partition coefficient (Wildman–Crippen LogP) is 1.53. The summed E-state index contributed by atoms with van der Waals surface area (Å²) in [6.45, 7) is 3.87. The summed E-state index contributed by atoms with van der Waals surface area (Å²) in [5.74, 6) is -0.173. The molecule has 7 nitrogen and oxygen atoms in total. The Balaban J connectivity index is 2.19. The number of anilines is 3. The van der Waals surface area contributed by atoms with E-state index < -0.39 is 5.91 Å². The zero-order valence-corrected chi connectivity index (χ0v) is 11.3. The number of nitrogen functional groups attached to an aromatic ring is 1. The average Bonchev–Trinajstić information content (AvgIpc) is 2.38. The lowest BCUT2D eigenvalue weighted by Crippen LogP contribution is -2.20. The lowest BCUT2D eigenvalue weighted by molar-refractivity contribution is 0.101. The summed E-state index contributed by atoms with van der Waals surface area (Å²) < 4.78 is 0. The molecular formula is C13H16N6O. The Labute approximate surface area is 116 Å². The number of hydrogen-bond donors (Lipinski definition) is 3. The molecule has 104 valence electrons. The molecule has 1 amide bonds. The minimum atomic E-state index is -0.433. The Hall–Kier alpha value is -2.70. The quantitative estimate of drug-likeness (QED) is 0.779. The minimum absolute atomic E-state index is 0.00126. The Morgan fingerprint density at radius 2 is 1.85 bits per heavy atom. The van der Waals surface area contributed by atoms with Crippen LogP contribution in [0.25, 0.3) is 0 Å². The van der Waals surface area contributed by atoms with E-state index in [4.69, 9.17) is 5.73 Å². The molecule has 1 aromatic heterocycles. The lowest BCUT2D eigenvalue weighted by Gasteiger charge is -2.09. The fourth-order valence-electron chi connectivity index (χ4n) is 1.53. The van der Waals surface area contributed by atoms with Gasteiger partial charge >= 0.3 is 0 Å². The first-order valence-corrected chi connectivity index (χ1v) is 6.19. The van der Waals surface area contributed by atoms with Crippen molar-refractivity contribution in [3.63, 3.8) is 0 Å². The Kier molecular flexibility index (Phi) is 4.09. The van der Waals surface area contributed by atoms with Crippen molar-refractivity contribution in [3.8, 4) is 0 Å². The molecule has 0 unspecified atom stereocenters. The number of carbonyl (C=O) groups excluding carboxylic acids is 1. The normalized spacial score (nSPS) is 10.3. The predicted molar refractivity (Wildman–Crippen MR) is 77.4 cm³/mol. The number of hydrogen-bond acceptors (Lipinski definition) is 6. The van der Waals surface area contributed by atoms with Crippen LogP contribution >= 0.6 is 0 Å². The number of nitrogens with one attached hydrogen (secondary N) is 2. The Bertz CT molecular complexity index is 599. The van der Waals surface area contributed by atoms with Crippen LogP contribution in [0.5, 0.6) is 0 Å². The van der Waals surface area contributed by atoms with Crippen molar-refractivity contribution in [1.82, 2.24) is 15.0 Å². The van der Waals surface area contributed by atoms with Crippen molar-refractivity contribution in [3.05, 3.63) is 36.2 Å². The highest BCUT2D eigenvalue weighted by Crippen LogP contribution is 2.09. The molecular weight excluding hydrogens is 256 g/mol. The van der Waals surface area contributed by atoms with Gasteiger partial charge in [-0.3, -0.25) is 4.79 Å². The van der Waals surface area contributed by atoms with Crippen molar-refractivity contribution in [2.45, 2.75) is 19.9 Å². The third kappa shape index (κ3) is 3.64. The largest absolute Gasteiger partial charge is 0.368 e. The van der Waals surface area contributed by atoms with Gasteiger partial charge in [-0.15, -0.1) is 0 Å². The molecule has 0 saturated heterocycles. The summed E-state index contributed by atoms with van der Waals surface area (Å²) >= 11 is 0. The zero-order chi connectivity index (χ0) is 14.5. The van der Waals surface area contributed by atoms with Gasteiger partial charge in [0.1, 0.15) is 0 Å². The minimum Gasteiger partial charge on any atom is -0.368 e. The molecule has 0 aliphatic rings. The summed E-state index contributed by atoms with van der Waals surface area (Å²) in [7, 11) is 0. The molecule has 1 heterocycles. The molecule has 0 radical (unpaired) electrons. The van der Waals surface area contributed by atoms with Crippen molar-refractivity contribution in [1.29, 1.82) is 0 Å². The molecule has 0 fully saturated rings. The van der Waals surface area contributed by atoms with E-state index >= 15 is 0 Å². The van der Waals surface area contributed by atoms with Crippen LogP contribution in [0.3, 0.4) is 0 Å². The molecule has 0 aliphatic heterocycles. The molecule has 7 heteroatoms. The second-order valence-corrected chi connectivity index (χ2v) is 4.46. The van der Waals surface area contributed by atoms with E-state index in [-0.39, 0.29) is 23.8 Å². The second-order valence-electron chi connectivity index (χ2n) is 4.46. The van der Waals surface area contributed by atoms with E-state index in [0.717, 1.165) is 0 Å². The number of rotatable bonds is 4. The maximum Gasteiger partial charge on any atom is 0.293 e. The maximum atomic E-state index is 12.1. The summed E-state index contributed by atoms with van der Waals surface area (Å²) in [4.78, 5) is 23.9. The van der Waals surface area contributed by atoms with Gasteiger partial charge < -0.3 is 16.4 Å². The lowest BCUT2D eigenvalue weighted by atomic mass is 10.3. The van der Waals surface area contributed by atoms with Gasteiger partial charge in [0.15, 0.2) is 0 Å². The molecule has 0 bridgehead atoms. The van der Waals surface area contributed by atoms with Crippen LogP contribution in [-0.4, -0.2) is 26.9 Å². The van der Waals surface area contributed by atoms with E-state index in [0.29, 0.717) is 5.69 Å². The van der Waals surface area contributed by atoms with Crippen molar-refractivity contribution in [2.75, 3.05) is 16.4 Å². The van der Waals surface area contributed by atoms with E-state index in [2.05, 4.69) is 25.6 Å². The van der Waals surface area contributed by atoms with Gasteiger partial charge in [0.25, 0.3) is 5.91 Å². The van der Waals surface area contributed by atoms with Gasteiger partial charge in [0, 0.05) is 11.7 Å². The standard InChI is InChI=1S/C13H16N6O/c1-8(2)15-13-18-10(17-12(14)19-13)11(20)16-9-6-4-3-5-7-9/h3-8H,1-2H3,(H,16,20)(H3,14,15,17,18,19). The smallest absolute Gasteiger partial charge is 0.293 e. The number of amides is 1. The van der Waals surface area contributed by atoms with Crippen LogP contribution in [0.2, 0.25) is 0 Å². The zero-order valence-electron chi connectivity index (χ0n) is 11.3. The van der Waals surface area contributed by atoms with Gasteiger partial charge in [-0.2, -0.15) is 15.0 Å². The third-order valence-corrected chi connectivity index (χ3v) is 2.31.